The second kappa shape index (κ2) is 11.3. The molecular formula is C26H28Cl2F3N5O. The highest BCUT2D eigenvalue weighted by molar-refractivity contribution is 6.40. The summed E-state index contributed by atoms with van der Waals surface area (Å²) in [4.78, 5) is 24.2. The van der Waals surface area contributed by atoms with E-state index in [1.165, 1.54) is 18.2 Å². The summed E-state index contributed by atoms with van der Waals surface area (Å²) in [6.45, 7) is -0.120. The fourth-order valence-corrected chi connectivity index (χ4v) is 5.37. The van der Waals surface area contributed by atoms with Gasteiger partial charge in [-0.05, 0) is 62.3 Å². The predicted octanol–water partition coefficient (Wildman–Crippen LogP) is 6.96. The first-order valence-electron chi connectivity index (χ1n) is 12.1. The molecule has 198 valence electrons. The highest BCUT2D eigenvalue weighted by Crippen LogP contribution is 2.37. The van der Waals surface area contributed by atoms with Crippen molar-refractivity contribution in [1.29, 1.82) is 0 Å². The number of halogens is 5. The summed E-state index contributed by atoms with van der Waals surface area (Å²) in [6, 6.07) is 12.4. The largest absolute Gasteiger partial charge is 0.471 e. The number of alkyl halides is 3. The molecule has 37 heavy (non-hydrogen) atoms. The van der Waals surface area contributed by atoms with Crippen LogP contribution in [0.1, 0.15) is 32.1 Å². The number of carbonyl (C=O) groups is 1. The molecule has 1 heterocycles. The van der Waals surface area contributed by atoms with Crippen LogP contribution in [0.25, 0.3) is 10.9 Å². The Kier molecular flexibility index (Phi) is 8.33. The molecular weight excluding hydrogens is 526 g/mol. The Morgan fingerprint density at radius 3 is 2.27 bits per heavy atom. The number of carbonyl (C=O) groups excluding carboxylic acids is 1. The number of hydrogen-bond donors (Lipinski definition) is 1. The maximum absolute atomic E-state index is 13.3. The number of para-hydroxylation sites is 2. The zero-order valence-corrected chi connectivity index (χ0v) is 22.0. The zero-order chi connectivity index (χ0) is 26.7. The second-order valence-corrected chi connectivity index (χ2v) is 10.3. The molecule has 0 spiro atoms. The average Bonchev–Trinajstić information content (AvgIpc) is 2.85. The summed E-state index contributed by atoms with van der Waals surface area (Å²) in [7, 11) is 3.87. The molecule has 0 unspecified atom stereocenters. The summed E-state index contributed by atoms with van der Waals surface area (Å²) in [6.07, 6.45) is -1.38. The van der Waals surface area contributed by atoms with Gasteiger partial charge < -0.3 is 15.1 Å². The molecule has 1 saturated carbocycles. The maximum atomic E-state index is 13.3. The van der Waals surface area contributed by atoms with E-state index in [9.17, 15) is 18.0 Å². The lowest BCUT2D eigenvalue weighted by molar-refractivity contribution is -0.170. The van der Waals surface area contributed by atoms with Crippen LogP contribution in [0.4, 0.5) is 30.6 Å². The molecule has 3 aromatic rings. The van der Waals surface area contributed by atoms with Crippen LogP contribution in [0.15, 0.2) is 42.5 Å². The van der Waals surface area contributed by atoms with Crippen LogP contribution in [0.3, 0.4) is 0 Å². The van der Waals surface area contributed by atoms with Gasteiger partial charge in [0.25, 0.3) is 0 Å². The van der Waals surface area contributed by atoms with Gasteiger partial charge in [-0.1, -0.05) is 41.4 Å². The van der Waals surface area contributed by atoms with E-state index in [2.05, 4.69) is 10.3 Å². The van der Waals surface area contributed by atoms with Gasteiger partial charge in [-0.3, -0.25) is 4.79 Å². The number of fused-ring (bicyclic) bond motifs is 1. The summed E-state index contributed by atoms with van der Waals surface area (Å²) >= 11 is 12.3. The van der Waals surface area contributed by atoms with Crippen molar-refractivity contribution in [2.75, 3.05) is 35.8 Å². The Morgan fingerprint density at radius 2 is 1.65 bits per heavy atom. The van der Waals surface area contributed by atoms with E-state index in [-0.39, 0.29) is 34.2 Å². The standard InChI is InChI=1S/C26H28Cl2F3N5O/c1-35(2)23-18-6-3-4-9-21(18)33-25(34-23)32-17-12-10-16(11-13-17)14-15-36(24(37)26(29,30)31)22-19(27)7-5-8-20(22)28/h3-9,16-17H,10-15H2,1-2H3,(H,32,33,34). The Labute approximate surface area is 223 Å². The third-order valence-electron chi connectivity index (χ3n) is 6.64. The number of nitrogens with one attached hydrogen (secondary N) is 1. The quantitative estimate of drug-likeness (QED) is 0.342. The van der Waals surface area contributed by atoms with Crippen LogP contribution < -0.4 is 15.1 Å². The number of nitrogens with zero attached hydrogens (tertiary/aromatic N) is 4. The summed E-state index contributed by atoms with van der Waals surface area (Å²) in [5, 5.41) is 4.42. The molecule has 4 rings (SSSR count). The van der Waals surface area contributed by atoms with Crippen molar-refractivity contribution < 1.29 is 18.0 Å². The predicted molar refractivity (Wildman–Crippen MR) is 143 cm³/mol. The molecule has 1 N–H and O–H groups in total. The highest BCUT2D eigenvalue weighted by atomic mass is 35.5. The lowest BCUT2D eigenvalue weighted by atomic mass is 9.84. The molecule has 0 radical (unpaired) electrons. The van der Waals surface area contributed by atoms with Gasteiger partial charge in [0.1, 0.15) is 5.82 Å². The molecule has 2 aromatic carbocycles. The zero-order valence-electron chi connectivity index (χ0n) is 20.5. The fraction of sp³-hybridized carbons (Fsp3) is 0.423. The van der Waals surface area contributed by atoms with Crippen LogP contribution in [0, 0.1) is 5.92 Å². The minimum atomic E-state index is -5.03. The molecule has 1 amide bonds. The third kappa shape index (κ3) is 6.38. The first kappa shape index (κ1) is 27.3. The number of amides is 1. The van der Waals surface area contributed by atoms with Crippen LogP contribution in [-0.4, -0.2) is 48.7 Å². The minimum absolute atomic E-state index is 0.00508. The Morgan fingerprint density at radius 1 is 1.00 bits per heavy atom. The molecule has 6 nitrogen and oxygen atoms in total. The molecule has 11 heteroatoms. The lowest BCUT2D eigenvalue weighted by Gasteiger charge is -2.32. The number of anilines is 3. The third-order valence-corrected chi connectivity index (χ3v) is 7.25. The molecule has 0 bridgehead atoms. The average molecular weight is 554 g/mol. The topological polar surface area (TPSA) is 61.4 Å². The first-order valence-corrected chi connectivity index (χ1v) is 12.8. The number of benzene rings is 2. The minimum Gasteiger partial charge on any atom is -0.362 e. The van der Waals surface area contributed by atoms with E-state index < -0.39 is 12.1 Å². The van der Waals surface area contributed by atoms with Crippen LogP contribution >= 0.6 is 23.2 Å². The number of hydrogen-bond acceptors (Lipinski definition) is 5. The highest BCUT2D eigenvalue weighted by Gasteiger charge is 2.44. The second-order valence-electron chi connectivity index (χ2n) is 9.46. The summed E-state index contributed by atoms with van der Waals surface area (Å²) in [5.41, 5.74) is 0.749. The van der Waals surface area contributed by atoms with Gasteiger partial charge in [0, 0.05) is 32.1 Å². The number of aromatic nitrogens is 2. The molecule has 1 aliphatic carbocycles. The van der Waals surface area contributed by atoms with E-state index in [4.69, 9.17) is 28.2 Å². The normalized spacial score (nSPS) is 18.0. The molecule has 0 saturated heterocycles. The van der Waals surface area contributed by atoms with Crippen molar-refractivity contribution in [1.82, 2.24) is 9.97 Å². The summed E-state index contributed by atoms with van der Waals surface area (Å²) in [5.74, 6) is -0.420. The Balaban J connectivity index is 1.40. The van der Waals surface area contributed by atoms with Gasteiger partial charge in [0.15, 0.2) is 0 Å². The number of rotatable bonds is 7. The fourth-order valence-electron chi connectivity index (χ4n) is 4.77. The molecule has 0 atom stereocenters. The summed E-state index contributed by atoms with van der Waals surface area (Å²) < 4.78 is 40.0. The molecule has 1 fully saturated rings. The Hall–Kier alpha value is -2.78. The molecule has 1 aromatic heterocycles. The molecule has 0 aliphatic heterocycles. The van der Waals surface area contributed by atoms with Gasteiger partial charge in [0.2, 0.25) is 5.95 Å². The van der Waals surface area contributed by atoms with Gasteiger partial charge in [-0.2, -0.15) is 18.2 Å². The van der Waals surface area contributed by atoms with Gasteiger partial charge in [0.05, 0.1) is 21.2 Å². The van der Waals surface area contributed by atoms with E-state index in [1.807, 2.05) is 43.3 Å². The first-order chi connectivity index (χ1) is 17.5. The Bertz CT molecular complexity index is 1240. The van der Waals surface area contributed by atoms with Crippen molar-refractivity contribution in [3.8, 4) is 0 Å². The SMILES string of the molecule is CN(C)c1nc(NC2CCC(CCN(C(=O)C(F)(F)F)c3c(Cl)cccc3Cl)CC2)nc2ccccc12. The van der Waals surface area contributed by atoms with E-state index >= 15 is 0 Å². The molecule has 1 aliphatic rings. The lowest BCUT2D eigenvalue weighted by Crippen LogP contribution is -2.43. The van der Waals surface area contributed by atoms with Crippen molar-refractivity contribution in [3.63, 3.8) is 0 Å². The van der Waals surface area contributed by atoms with Gasteiger partial charge >= 0.3 is 12.1 Å². The monoisotopic (exact) mass is 553 g/mol. The van der Waals surface area contributed by atoms with Crippen molar-refractivity contribution in [2.24, 2.45) is 5.92 Å². The van der Waals surface area contributed by atoms with E-state index in [0.29, 0.717) is 17.3 Å². The van der Waals surface area contributed by atoms with Crippen LogP contribution in [0.2, 0.25) is 10.0 Å². The maximum Gasteiger partial charge on any atom is 0.471 e. The van der Waals surface area contributed by atoms with E-state index in [0.717, 1.165) is 42.4 Å². The smallest absolute Gasteiger partial charge is 0.362 e. The van der Waals surface area contributed by atoms with Crippen LogP contribution in [0.5, 0.6) is 0 Å². The van der Waals surface area contributed by atoms with Crippen LogP contribution in [-0.2, 0) is 4.79 Å². The van der Waals surface area contributed by atoms with Gasteiger partial charge in [-0.25, -0.2) is 4.98 Å². The van der Waals surface area contributed by atoms with Crippen molar-refractivity contribution >= 4 is 57.5 Å². The van der Waals surface area contributed by atoms with Crippen molar-refractivity contribution in [3.05, 3.63) is 52.5 Å². The van der Waals surface area contributed by atoms with E-state index in [1.54, 1.807) is 0 Å². The van der Waals surface area contributed by atoms with Crippen molar-refractivity contribution in [2.45, 2.75) is 44.3 Å². The van der Waals surface area contributed by atoms with Gasteiger partial charge in [-0.15, -0.1) is 0 Å².